The topological polar surface area (TPSA) is 93.7 Å². The zero-order chi connectivity index (χ0) is 21.0. The molecule has 1 aliphatic heterocycles. The number of fused-ring (bicyclic) bond motifs is 1. The second kappa shape index (κ2) is 8.96. The maximum Gasteiger partial charge on any atom is 0.262 e. The van der Waals surface area contributed by atoms with Crippen molar-refractivity contribution in [1.82, 2.24) is 0 Å². The molecule has 2 aromatic rings. The summed E-state index contributed by atoms with van der Waals surface area (Å²) < 4.78 is 39.6. The maximum atomic E-state index is 13.0. The molecule has 0 bridgehead atoms. The zero-order valence-electron chi connectivity index (χ0n) is 16.5. The van der Waals surface area contributed by atoms with Gasteiger partial charge in [-0.2, -0.15) is 0 Å². The van der Waals surface area contributed by atoms with Crippen LogP contribution in [0.4, 0.5) is 11.4 Å². The molecule has 3 rings (SSSR count). The van der Waals surface area contributed by atoms with Gasteiger partial charge in [-0.15, -0.1) is 11.8 Å². The van der Waals surface area contributed by atoms with Gasteiger partial charge in [-0.1, -0.05) is 6.92 Å². The number of carbonyl (C=O) groups is 1. The van der Waals surface area contributed by atoms with Gasteiger partial charge in [-0.3, -0.25) is 9.52 Å². The molecule has 2 aromatic carbocycles. The van der Waals surface area contributed by atoms with E-state index in [1.54, 1.807) is 24.3 Å². The molecular weight excluding hydrogens is 412 g/mol. The molecular formula is C20H24N2O5S2. The van der Waals surface area contributed by atoms with Crippen molar-refractivity contribution >= 4 is 39.1 Å². The Hall–Kier alpha value is -2.39. The molecule has 1 heterocycles. The largest absolute Gasteiger partial charge is 0.494 e. The van der Waals surface area contributed by atoms with Gasteiger partial charge in [-0.05, 0) is 44.2 Å². The quantitative estimate of drug-likeness (QED) is 0.682. The highest BCUT2D eigenvalue weighted by molar-refractivity contribution is 7.99. The van der Waals surface area contributed by atoms with Crippen molar-refractivity contribution in [3.63, 3.8) is 0 Å². The van der Waals surface area contributed by atoms with Crippen molar-refractivity contribution in [1.29, 1.82) is 0 Å². The average Bonchev–Trinajstić information content (AvgIpc) is 2.82. The number of rotatable bonds is 7. The van der Waals surface area contributed by atoms with Crippen LogP contribution in [0.15, 0.2) is 46.2 Å². The second-order valence-corrected chi connectivity index (χ2v) is 9.23. The van der Waals surface area contributed by atoms with Crippen LogP contribution in [0, 0.1) is 5.92 Å². The lowest BCUT2D eigenvalue weighted by Gasteiger charge is -2.15. The lowest BCUT2D eigenvalue weighted by atomic mass is 10.2. The number of anilines is 2. The molecule has 1 unspecified atom stereocenters. The van der Waals surface area contributed by atoms with E-state index < -0.39 is 10.0 Å². The van der Waals surface area contributed by atoms with Crippen LogP contribution in [0.3, 0.4) is 0 Å². The van der Waals surface area contributed by atoms with Gasteiger partial charge >= 0.3 is 0 Å². The van der Waals surface area contributed by atoms with E-state index in [-0.39, 0.29) is 16.7 Å². The van der Waals surface area contributed by atoms with Crippen LogP contribution in [0.1, 0.15) is 20.8 Å². The second-order valence-electron chi connectivity index (χ2n) is 6.49. The Balaban J connectivity index is 1.93. The molecule has 0 aliphatic carbocycles. The molecule has 1 amide bonds. The van der Waals surface area contributed by atoms with E-state index in [0.29, 0.717) is 41.8 Å². The van der Waals surface area contributed by atoms with E-state index in [1.807, 2.05) is 20.8 Å². The summed E-state index contributed by atoms with van der Waals surface area (Å²) >= 11 is 1.53. The third-order valence-corrected chi connectivity index (χ3v) is 6.96. The van der Waals surface area contributed by atoms with E-state index in [0.717, 1.165) is 4.90 Å². The smallest absolute Gasteiger partial charge is 0.262 e. The van der Waals surface area contributed by atoms with Crippen molar-refractivity contribution in [3.05, 3.63) is 36.4 Å². The molecule has 2 N–H and O–H groups in total. The van der Waals surface area contributed by atoms with E-state index in [9.17, 15) is 13.2 Å². The average molecular weight is 437 g/mol. The van der Waals surface area contributed by atoms with Crippen LogP contribution in [0.2, 0.25) is 0 Å². The Morgan fingerprint density at radius 1 is 1.14 bits per heavy atom. The highest BCUT2D eigenvalue weighted by Gasteiger charge is 2.23. The lowest BCUT2D eigenvalue weighted by molar-refractivity contribution is -0.118. The molecule has 0 spiro atoms. The summed E-state index contributed by atoms with van der Waals surface area (Å²) in [6.07, 6.45) is 0. The standard InChI is InChI=1S/C20H24N2O5S2/c1-4-26-14-6-8-18(27-5-2)16(10-14)22-29(24,25)15-7-9-19-17(11-15)21-20(23)13(3)12-28-19/h6-11,13,22H,4-5,12H2,1-3H3,(H,21,23). The van der Waals surface area contributed by atoms with Crippen LogP contribution < -0.4 is 19.5 Å². The molecule has 9 heteroatoms. The first-order valence-electron chi connectivity index (χ1n) is 9.34. The minimum absolute atomic E-state index is 0.0518. The summed E-state index contributed by atoms with van der Waals surface area (Å²) in [5, 5.41) is 2.81. The molecule has 29 heavy (non-hydrogen) atoms. The summed E-state index contributed by atoms with van der Waals surface area (Å²) in [7, 11) is -3.91. The number of ether oxygens (including phenoxy) is 2. The van der Waals surface area contributed by atoms with E-state index in [1.165, 1.54) is 23.9 Å². The van der Waals surface area contributed by atoms with Crippen LogP contribution >= 0.6 is 11.8 Å². The monoisotopic (exact) mass is 436 g/mol. The number of carbonyl (C=O) groups excluding carboxylic acids is 1. The Morgan fingerprint density at radius 3 is 2.62 bits per heavy atom. The summed E-state index contributed by atoms with van der Waals surface area (Å²) in [6, 6.07) is 9.71. The fraction of sp³-hybridized carbons (Fsp3) is 0.350. The minimum Gasteiger partial charge on any atom is -0.494 e. The fourth-order valence-electron chi connectivity index (χ4n) is 2.78. The molecule has 1 aliphatic rings. The van der Waals surface area contributed by atoms with Crippen molar-refractivity contribution in [2.75, 3.05) is 29.0 Å². The fourth-order valence-corrected chi connectivity index (χ4v) is 4.87. The van der Waals surface area contributed by atoms with Gasteiger partial charge in [0.15, 0.2) is 0 Å². The Labute approximate surface area is 175 Å². The summed E-state index contributed by atoms with van der Waals surface area (Å²) in [6.45, 7) is 6.36. The molecule has 156 valence electrons. The van der Waals surface area contributed by atoms with Crippen molar-refractivity contribution in [2.45, 2.75) is 30.6 Å². The molecule has 1 atom stereocenters. The first kappa shape index (κ1) is 21.3. The van der Waals surface area contributed by atoms with Gasteiger partial charge in [-0.25, -0.2) is 8.42 Å². The number of benzene rings is 2. The molecule has 0 saturated carbocycles. The zero-order valence-corrected chi connectivity index (χ0v) is 18.2. The highest BCUT2D eigenvalue weighted by Crippen LogP contribution is 2.36. The van der Waals surface area contributed by atoms with Gasteiger partial charge in [0.05, 0.1) is 29.5 Å². The Morgan fingerprint density at radius 2 is 1.90 bits per heavy atom. The van der Waals surface area contributed by atoms with E-state index in [2.05, 4.69) is 10.0 Å². The molecule has 7 nitrogen and oxygen atoms in total. The molecule has 0 fully saturated rings. The highest BCUT2D eigenvalue weighted by atomic mass is 32.2. The van der Waals surface area contributed by atoms with Crippen LogP contribution in [-0.2, 0) is 14.8 Å². The number of sulfonamides is 1. The van der Waals surface area contributed by atoms with Crippen LogP contribution in [0.5, 0.6) is 11.5 Å². The van der Waals surface area contributed by atoms with Gasteiger partial charge in [0, 0.05) is 22.6 Å². The SMILES string of the molecule is CCOc1ccc(OCC)c(NS(=O)(=O)c2ccc3c(c2)NC(=O)C(C)CS3)c1. The van der Waals surface area contributed by atoms with Crippen LogP contribution in [0.25, 0.3) is 0 Å². The number of nitrogens with one attached hydrogen (secondary N) is 2. The predicted octanol–water partition coefficient (Wildman–Crippen LogP) is 3.97. The van der Waals surface area contributed by atoms with E-state index in [4.69, 9.17) is 9.47 Å². The van der Waals surface area contributed by atoms with Crippen LogP contribution in [-0.4, -0.2) is 33.3 Å². The van der Waals surface area contributed by atoms with Gasteiger partial charge in [0.25, 0.3) is 10.0 Å². The minimum atomic E-state index is -3.91. The van der Waals surface area contributed by atoms with Gasteiger partial charge < -0.3 is 14.8 Å². The summed E-state index contributed by atoms with van der Waals surface area (Å²) in [5.41, 5.74) is 0.792. The molecule has 0 saturated heterocycles. The maximum absolute atomic E-state index is 13.0. The molecule has 0 aromatic heterocycles. The van der Waals surface area contributed by atoms with Gasteiger partial charge in [0.2, 0.25) is 5.91 Å². The number of thioether (sulfide) groups is 1. The van der Waals surface area contributed by atoms with Crippen molar-refractivity contribution in [2.24, 2.45) is 5.92 Å². The predicted molar refractivity (Wildman–Crippen MR) is 115 cm³/mol. The van der Waals surface area contributed by atoms with Crippen molar-refractivity contribution in [3.8, 4) is 11.5 Å². The van der Waals surface area contributed by atoms with E-state index >= 15 is 0 Å². The normalized spacial score (nSPS) is 16.4. The first-order valence-corrected chi connectivity index (χ1v) is 11.8. The number of hydrogen-bond acceptors (Lipinski definition) is 6. The first-order chi connectivity index (χ1) is 13.8. The number of hydrogen-bond donors (Lipinski definition) is 2. The Kier molecular flexibility index (Phi) is 6.59. The third kappa shape index (κ3) is 4.97. The summed E-state index contributed by atoms with van der Waals surface area (Å²) in [4.78, 5) is 13.0. The molecule has 0 radical (unpaired) electrons. The number of amides is 1. The third-order valence-electron chi connectivity index (χ3n) is 4.26. The lowest BCUT2D eigenvalue weighted by Crippen LogP contribution is -2.20. The Bertz CT molecular complexity index is 1010. The van der Waals surface area contributed by atoms with Gasteiger partial charge in [0.1, 0.15) is 11.5 Å². The summed E-state index contributed by atoms with van der Waals surface area (Å²) in [5.74, 6) is 1.31. The van der Waals surface area contributed by atoms with Crippen molar-refractivity contribution < 1.29 is 22.7 Å².